The van der Waals surface area contributed by atoms with Crippen LogP contribution in [-0.2, 0) is 16.0 Å². The second-order valence-corrected chi connectivity index (χ2v) is 8.25. The molecule has 2 aliphatic heterocycles. The van der Waals surface area contributed by atoms with Crippen molar-refractivity contribution >= 4 is 23.3 Å². The fourth-order valence-electron chi connectivity index (χ4n) is 4.40. The molecule has 7 nitrogen and oxygen atoms in total. The summed E-state index contributed by atoms with van der Waals surface area (Å²) in [5, 5.41) is 0. The SMILES string of the molecule is O=C1C(c2ccccc2)=C(N2CCN(c3ncccn3)CC2)C(=O)N1CCc1ccc(F)cc1. The number of hydrogen-bond donors (Lipinski definition) is 0. The molecule has 0 radical (unpaired) electrons. The van der Waals surface area contributed by atoms with Gasteiger partial charge in [-0.25, -0.2) is 14.4 Å². The summed E-state index contributed by atoms with van der Waals surface area (Å²) in [4.78, 5) is 41.0. The van der Waals surface area contributed by atoms with Gasteiger partial charge in [-0.1, -0.05) is 42.5 Å². The summed E-state index contributed by atoms with van der Waals surface area (Å²) >= 11 is 0. The number of carbonyl (C=O) groups excluding carboxylic acids is 2. The minimum atomic E-state index is -0.313. The molecule has 172 valence electrons. The highest BCUT2D eigenvalue weighted by molar-refractivity contribution is 6.35. The zero-order valence-electron chi connectivity index (χ0n) is 18.6. The summed E-state index contributed by atoms with van der Waals surface area (Å²) in [6, 6.07) is 17.2. The van der Waals surface area contributed by atoms with Gasteiger partial charge in [-0.05, 0) is 35.7 Å². The average Bonchev–Trinajstić information content (AvgIpc) is 3.14. The smallest absolute Gasteiger partial charge is 0.277 e. The molecule has 0 atom stereocenters. The number of nitrogens with zero attached hydrogens (tertiary/aromatic N) is 5. The lowest BCUT2D eigenvalue weighted by molar-refractivity contribution is -0.137. The highest BCUT2D eigenvalue weighted by Crippen LogP contribution is 2.32. The predicted molar refractivity (Wildman–Crippen MR) is 126 cm³/mol. The molecule has 0 aliphatic carbocycles. The Balaban J connectivity index is 1.38. The minimum absolute atomic E-state index is 0.237. The van der Waals surface area contributed by atoms with Gasteiger partial charge in [-0.15, -0.1) is 0 Å². The largest absolute Gasteiger partial charge is 0.363 e. The summed E-state index contributed by atoms with van der Waals surface area (Å²) in [7, 11) is 0. The molecule has 0 spiro atoms. The number of hydrogen-bond acceptors (Lipinski definition) is 6. The summed E-state index contributed by atoms with van der Waals surface area (Å²) in [6.07, 6.45) is 3.89. The molecule has 0 unspecified atom stereocenters. The van der Waals surface area contributed by atoms with E-state index >= 15 is 0 Å². The van der Waals surface area contributed by atoms with E-state index in [4.69, 9.17) is 0 Å². The van der Waals surface area contributed by atoms with E-state index in [1.54, 1.807) is 30.6 Å². The Bertz CT molecular complexity index is 1210. The van der Waals surface area contributed by atoms with Gasteiger partial charge in [0, 0.05) is 45.1 Å². The first-order valence-electron chi connectivity index (χ1n) is 11.3. The van der Waals surface area contributed by atoms with Crippen LogP contribution >= 0.6 is 0 Å². The van der Waals surface area contributed by atoms with Gasteiger partial charge in [0.05, 0.1) is 5.57 Å². The average molecular weight is 458 g/mol. The molecule has 1 aromatic heterocycles. The number of rotatable bonds is 6. The van der Waals surface area contributed by atoms with Gasteiger partial charge in [-0.2, -0.15) is 0 Å². The van der Waals surface area contributed by atoms with Crippen molar-refractivity contribution in [1.29, 1.82) is 0 Å². The van der Waals surface area contributed by atoms with Crippen LogP contribution in [-0.4, -0.2) is 64.3 Å². The lowest BCUT2D eigenvalue weighted by Gasteiger charge is -2.36. The van der Waals surface area contributed by atoms with Gasteiger partial charge in [-0.3, -0.25) is 14.5 Å². The molecular weight excluding hydrogens is 433 g/mol. The van der Waals surface area contributed by atoms with Crippen LogP contribution in [0, 0.1) is 5.82 Å². The van der Waals surface area contributed by atoms with E-state index in [9.17, 15) is 14.0 Å². The zero-order chi connectivity index (χ0) is 23.5. The van der Waals surface area contributed by atoms with Crippen LogP contribution in [0.3, 0.4) is 0 Å². The van der Waals surface area contributed by atoms with Gasteiger partial charge in [0.15, 0.2) is 0 Å². The Hall–Kier alpha value is -4.07. The Kier molecular flexibility index (Phi) is 6.03. The molecule has 0 N–H and O–H groups in total. The maximum Gasteiger partial charge on any atom is 0.277 e. The molecule has 2 amide bonds. The molecule has 0 saturated carbocycles. The van der Waals surface area contributed by atoms with Crippen molar-refractivity contribution in [2.45, 2.75) is 6.42 Å². The van der Waals surface area contributed by atoms with E-state index in [1.165, 1.54) is 17.0 Å². The van der Waals surface area contributed by atoms with Crippen LogP contribution in [0.5, 0.6) is 0 Å². The Morgan fingerprint density at radius 3 is 2.09 bits per heavy atom. The van der Waals surface area contributed by atoms with E-state index < -0.39 is 0 Å². The molecule has 8 heteroatoms. The topological polar surface area (TPSA) is 69.6 Å². The Morgan fingerprint density at radius 2 is 1.41 bits per heavy atom. The number of benzene rings is 2. The quantitative estimate of drug-likeness (QED) is 0.531. The van der Waals surface area contributed by atoms with E-state index in [0.717, 1.165) is 11.1 Å². The van der Waals surface area contributed by atoms with Crippen molar-refractivity contribution in [3.8, 4) is 0 Å². The highest BCUT2D eigenvalue weighted by Gasteiger charge is 2.42. The van der Waals surface area contributed by atoms with Crippen LogP contribution in [0.1, 0.15) is 11.1 Å². The minimum Gasteiger partial charge on any atom is -0.363 e. The van der Waals surface area contributed by atoms with Crippen LogP contribution < -0.4 is 4.90 Å². The van der Waals surface area contributed by atoms with E-state index in [2.05, 4.69) is 14.9 Å². The second-order valence-electron chi connectivity index (χ2n) is 8.25. The van der Waals surface area contributed by atoms with Crippen LogP contribution in [0.2, 0.25) is 0 Å². The maximum absolute atomic E-state index is 13.5. The molecule has 3 heterocycles. The fourth-order valence-corrected chi connectivity index (χ4v) is 4.40. The number of anilines is 1. The summed E-state index contributed by atoms with van der Waals surface area (Å²) in [5.74, 6) is -0.223. The first kappa shape index (κ1) is 21.8. The first-order chi connectivity index (χ1) is 16.6. The van der Waals surface area contributed by atoms with Gasteiger partial charge in [0.1, 0.15) is 11.5 Å². The van der Waals surface area contributed by atoms with E-state index in [-0.39, 0.29) is 24.2 Å². The van der Waals surface area contributed by atoms with Crippen molar-refractivity contribution in [3.63, 3.8) is 0 Å². The first-order valence-corrected chi connectivity index (χ1v) is 11.3. The number of aromatic nitrogens is 2. The standard InChI is InChI=1S/C26H24FN5O2/c27-21-9-7-19(8-10-21)11-14-32-24(33)22(20-5-2-1-3-6-20)23(25(32)34)30-15-17-31(18-16-30)26-28-12-4-13-29-26/h1-10,12-13H,11,14-18H2. The molecule has 1 saturated heterocycles. The van der Waals surface area contributed by atoms with Gasteiger partial charge in [0.2, 0.25) is 5.95 Å². The van der Waals surface area contributed by atoms with Crippen molar-refractivity contribution in [1.82, 2.24) is 19.8 Å². The van der Waals surface area contributed by atoms with Gasteiger partial charge >= 0.3 is 0 Å². The molecule has 34 heavy (non-hydrogen) atoms. The van der Waals surface area contributed by atoms with E-state index in [0.29, 0.717) is 49.8 Å². The van der Waals surface area contributed by atoms with Crippen molar-refractivity contribution in [3.05, 3.63) is 95.7 Å². The number of halogens is 1. The zero-order valence-corrected chi connectivity index (χ0v) is 18.6. The number of piperazine rings is 1. The second kappa shape index (κ2) is 9.43. The summed E-state index contributed by atoms with van der Waals surface area (Å²) < 4.78 is 13.2. The third-order valence-corrected chi connectivity index (χ3v) is 6.17. The van der Waals surface area contributed by atoms with Crippen LogP contribution in [0.15, 0.2) is 78.8 Å². The van der Waals surface area contributed by atoms with E-state index in [1.807, 2.05) is 35.2 Å². The Labute approximate surface area is 197 Å². The number of carbonyl (C=O) groups is 2. The number of imide groups is 1. The van der Waals surface area contributed by atoms with Crippen LogP contribution in [0.4, 0.5) is 10.3 Å². The van der Waals surface area contributed by atoms with Crippen molar-refractivity contribution in [2.24, 2.45) is 0 Å². The molecule has 5 rings (SSSR count). The van der Waals surface area contributed by atoms with Crippen molar-refractivity contribution < 1.29 is 14.0 Å². The van der Waals surface area contributed by atoms with Crippen molar-refractivity contribution in [2.75, 3.05) is 37.6 Å². The predicted octanol–water partition coefficient (Wildman–Crippen LogP) is 2.76. The number of amides is 2. The lowest BCUT2D eigenvalue weighted by Crippen LogP contribution is -2.48. The Morgan fingerprint density at radius 1 is 0.765 bits per heavy atom. The molecule has 3 aromatic rings. The normalized spacial score (nSPS) is 16.6. The fraction of sp³-hybridized carbons (Fsp3) is 0.231. The summed E-state index contributed by atoms with van der Waals surface area (Å²) in [6.45, 7) is 2.68. The molecule has 0 bridgehead atoms. The summed E-state index contributed by atoms with van der Waals surface area (Å²) in [5.41, 5.74) is 2.49. The molecule has 2 aromatic carbocycles. The lowest BCUT2D eigenvalue weighted by atomic mass is 10.0. The third kappa shape index (κ3) is 4.26. The van der Waals surface area contributed by atoms with Gasteiger partial charge in [0.25, 0.3) is 11.8 Å². The molecule has 1 fully saturated rings. The third-order valence-electron chi connectivity index (χ3n) is 6.17. The van der Waals surface area contributed by atoms with Crippen LogP contribution in [0.25, 0.3) is 5.57 Å². The maximum atomic E-state index is 13.5. The van der Waals surface area contributed by atoms with Gasteiger partial charge < -0.3 is 9.80 Å². The monoisotopic (exact) mass is 457 g/mol. The molecular formula is C26H24FN5O2. The molecule has 2 aliphatic rings. The highest BCUT2D eigenvalue weighted by atomic mass is 19.1.